The SMILES string of the molecule is CCC(O)CCNC(=O)c1ccc(F)cc1O. The van der Waals surface area contributed by atoms with Crippen LogP contribution in [0.25, 0.3) is 0 Å². The van der Waals surface area contributed by atoms with Crippen LogP contribution in [0.5, 0.6) is 5.75 Å². The lowest BCUT2D eigenvalue weighted by molar-refractivity contribution is 0.0939. The molecule has 0 spiro atoms. The number of halogens is 1. The second-order valence-electron chi connectivity index (χ2n) is 3.77. The summed E-state index contributed by atoms with van der Waals surface area (Å²) in [5.74, 6) is -1.47. The van der Waals surface area contributed by atoms with Gasteiger partial charge >= 0.3 is 0 Å². The van der Waals surface area contributed by atoms with E-state index in [4.69, 9.17) is 0 Å². The van der Waals surface area contributed by atoms with E-state index < -0.39 is 23.6 Å². The van der Waals surface area contributed by atoms with Crippen LogP contribution in [-0.4, -0.2) is 28.8 Å². The summed E-state index contributed by atoms with van der Waals surface area (Å²) >= 11 is 0. The molecule has 0 aromatic heterocycles. The van der Waals surface area contributed by atoms with Crippen molar-refractivity contribution in [2.24, 2.45) is 0 Å². The smallest absolute Gasteiger partial charge is 0.255 e. The molecule has 0 fully saturated rings. The van der Waals surface area contributed by atoms with Crippen LogP contribution in [0.3, 0.4) is 0 Å². The molecular formula is C12H16FNO3. The molecule has 1 aromatic carbocycles. The Bertz CT molecular complexity index is 395. The van der Waals surface area contributed by atoms with Crippen LogP contribution in [0.15, 0.2) is 18.2 Å². The molecule has 17 heavy (non-hydrogen) atoms. The number of nitrogens with one attached hydrogen (secondary N) is 1. The Morgan fingerprint density at radius 2 is 2.24 bits per heavy atom. The molecule has 0 aliphatic carbocycles. The third-order valence-corrected chi connectivity index (χ3v) is 2.44. The van der Waals surface area contributed by atoms with Crippen LogP contribution in [0.2, 0.25) is 0 Å². The molecule has 4 nitrogen and oxygen atoms in total. The third-order valence-electron chi connectivity index (χ3n) is 2.44. The predicted molar refractivity (Wildman–Crippen MR) is 61.3 cm³/mol. The first-order valence-electron chi connectivity index (χ1n) is 5.49. The van der Waals surface area contributed by atoms with Gasteiger partial charge in [0.1, 0.15) is 11.6 Å². The van der Waals surface area contributed by atoms with Gasteiger partial charge in [0.05, 0.1) is 11.7 Å². The third kappa shape index (κ3) is 4.03. The molecule has 94 valence electrons. The molecule has 0 saturated carbocycles. The average molecular weight is 241 g/mol. The fraction of sp³-hybridized carbons (Fsp3) is 0.417. The summed E-state index contributed by atoms with van der Waals surface area (Å²) in [6.07, 6.45) is 0.624. The zero-order valence-electron chi connectivity index (χ0n) is 9.61. The molecule has 0 aliphatic rings. The second-order valence-corrected chi connectivity index (χ2v) is 3.77. The van der Waals surface area contributed by atoms with Gasteiger partial charge in [-0.3, -0.25) is 4.79 Å². The van der Waals surface area contributed by atoms with Crippen LogP contribution in [0.4, 0.5) is 4.39 Å². The number of hydrogen-bond acceptors (Lipinski definition) is 3. The molecule has 0 aliphatic heterocycles. The monoisotopic (exact) mass is 241 g/mol. The van der Waals surface area contributed by atoms with Crippen molar-refractivity contribution < 1.29 is 19.4 Å². The molecule has 1 unspecified atom stereocenters. The molecule has 0 heterocycles. The Kier molecular flexibility index (Phi) is 4.90. The normalized spacial score (nSPS) is 12.2. The van der Waals surface area contributed by atoms with E-state index in [2.05, 4.69) is 5.32 Å². The van der Waals surface area contributed by atoms with E-state index in [0.717, 1.165) is 12.1 Å². The van der Waals surface area contributed by atoms with E-state index in [1.807, 2.05) is 6.92 Å². The number of aromatic hydroxyl groups is 1. The second kappa shape index (κ2) is 6.20. The van der Waals surface area contributed by atoms with Gasteiger partial charge in [0.15, 0.2) is 0 Å². The summed E-state index contributed by atoms with van der Waals surface area (Å²) in [4.78, 5) is 11.6. The van der Waals surface area contributed by atoms with E-state index in [9.17, 15) is 19.4 Å². The number of rotatable bonds is 5. The standard InChI is InChI=1S/C12H16FNO3/c1-2-9(15)5-6-14-12(17)10-4-3-8(13)7-11(10)16/h3-4,7,9,15-16H,2,5-6H2,1H3,(H,14,17). The zero-order chi connectivity index (χ0) is 12.8. The molecule has 1 rings (SSSR count). The Hall–Kier alpha value is -1.62. The fourth-order valence-corrected chi connectivity index (χ4v) is 1.35. The Morgan fingerprint density at radius 3 is 2.82 bits per heavy atom. The van der Waals surface area contributed by atoms with Gasteiger partial charge in [-0.1, -0.05) is 6.92 Å². The highest BCUT2D eigenvalue weighted by Crippen LogP contribution is 2.17. The van der Waals surface area contributed by atoms with Gasteiger partial charge in [0.2, 0.25) is 0 Å². The summed E-state index contributed by atoms with van der Waals surface area (Å²) in [5, 5.41) is 21.2. The van der Waals surface area contributed by atoms with Crippen molar-refractivity contribution in [2.45, 2.75) is 25.9 Å². The minimum atomic E-state index is -0.597. The van der Waals surface area contributed by atoms with Gasteiger partial charge < -0.3 is 15.5 Å². The average Bonchev–Trinajstić information content (AvgIpc) is 2.28. The number of amides is 1. The highest BCUT2D eigenvalue weighted by Gasteiger charge is 2.11. The highest BCUT2D eigenvalue weighted by atomic mass is 19.1. The van der Waals surface area contributed by atoms with Crippen molar-refractivity contribution in [3.8, 4) is 5.75 Å². The molecule has 0 radical (unpaired) electrons. The summed E-state index contributed by atoms with van der Waals surface area (Å²) in [5.41, 5.74) is 0.0254. The van der Waals surface area contributed by atoms with Crippen molar-refractivity contribution >= 4 is 5.91 Å². The van der Waals surface area contributed by atoms with Crippen molar-refractivity contribution in [3.63, 3.8) is 0 Å². The lowest BCUT2D eigenvalue weighted by Gasteiger charge is -2.09. The quantitative estimate of drug-likeness (QED) is 0.730. The summed E-state index contributed by atoms with van der Waals surface area (Å²) in [6, 6.07) is 3.21. The van der Waals surface area contributed by atoms with Crippen molar-refractivity contribution in [2.75, 3.05) is 6.54 Å². The maximum atomic E-state index is 12.7. The maximum absolute atomic E-state index is 12.7. The van der Waals surface area contributed by atoms with Crippen molar-refractivity contribution in [3.05, 3.63) is 29.6 Å². The predicted octanol–water partition coefficient (Wildman–Crippen LogP) is 1.42. The molecule has 5 heteroatoms. The van der Waals surface area contributed by atoms with Gasteiger partial charge in [0.25, 0.3) is 5.91 Å². The summed E-state index contributed by atoms with van der Waals surface area (Å²) < 4.78 is 12.7. The van der Waals surface area contributed by atoms with Gasteiger partial charge in [0, 0.05) is 12.6 Å². The lowest BCUT2D eigenvalue weighted by atomic mass is 10.1. The first-order chi connectivity index (χ1) is 8.04. The van der Waals surface area contributed by atoms with Crippen LogP contribution in [0, 0.1) is 5.82 Å². The Labute approximate surface area is 99.1 Å². The molecule has 3 N–H and O–H groups in total. The van der Waals surface area contributed by atoms with Gasteiger partial charge in [-0.2, -0.15) is 0 Å². The first-order valence-corrected chi connectivity index (χ1v) is 5.49. The maximum Gasteiger partial charge on any atom is 0.255 e. The minimum absolute atomic E-state index is 0.0254. The lowest BCUT2D eigenvalue weighted by Crippen LogP contribution is -2.27. The molecule has 1 aromatic rings. The molecule has 0 saturated heterocycles. The van der Waals surface area contributed by atoms with Crippen molar-refractivity contribution in [1.29, 1.82) is 0 Å². The topological polar surface area (TPSA) is 69.6 Å². The number of aliphatic hydroxyl groups is 1. The number of benzene rings is 1. The minimum Gasteiger partial charge on any atom is -0.507 e. The summed E-state index contributed by atoms with van der Waals surface area (Å²) in [7, 11) is 0. The first kappa shape index (κ1) is 13.4. The molecule has 1 atom stereocenters. The van der Waals surface area contributed by atoms with Crippen LogP contribution >= 0.6 is 0 Å². The number of phenols is 1. The van der Waals surface area contributed by atoms with E-state index >= 15 is 0 Å². The van der Waals surface area contributed by atoms with Gasteiger partial charge in [-0.25, -0.2) is 4.39 Å². The molecular weight excluding hydrogens is 225 g/mol. The van der Waals surface area contributed by atoms with Crippen LogP contribution in [0.1, 0.15) is 30.1 Å². The molecule has 0 bridgehead atoms. The largest absolute Gasteiger partial charge is 0.507 e. The Morgan fingerprint density at radius 1 is 1.53 bits per heavy atom. The zero-order valence-corrected chi connectivity index (χ0v) is 9.61. The van der Waals surface area contributed by atoms with E-state index in [0.29, 0.717) is 19.4 Å². The number of phenolic OH excluding ortho intramolecular Hbond substituents is 1. The van der Waals surface area contributed by atoms with Crippen molar-refractivity contribution in [1.82, 2.24) is 5.32 Å². The Balaban J connectivity index is 2.52. The number of carbonyl (C=O) groups excluding carboxylic acids is 1. The summed E-state index contributed by atoms with van der Waals surface area (Å²) in [6.45, 7) is 2.16. The number of hydrogen-bond donors (Lipinski definition) is 3. The number of aliphatic hydroxyl groups excluding tert-OH is 1. The van der Waals surface area contributed by atoms with Crippen LogP contribution < -0.4 is 5.32 Å². The van der Waals surface area contributed by atoms with E-state index in [1.165, 1.54) is 6.07 Å². The van der Waals surface area contributed by atoms with Crippen LogP contribution in [-0.2, 0) is 0 Å². The fourth-order valence-electron chi connectivity index (χ4n) is 1.35. The van der Waals surface area contributed by atoms with E-state index in [1.54, 1.807) is 0 Å². The van der Waals surface area contributed by atoms with E-state index in [-0.39, 0.29) is 5.56 Å². The van der Waals surface area contributed by atoms with Gasteiger partial charge in [-0.05, 0) is 25.0 Å². The number of carbonyl (C=O) groups is 1. The molecule has 1 amide bonds. The van der Waals surface area contributed by atoms with Gasteiger partial charge in [-0.15, -0.1) is 0 Å². The highest BCUT2D eigenvalue weighted by molar-refractivity contribution is 5.96.